The number of cyclic esters (lactones) is 1. The topological polar surface area (TPSA) is 67.4 Å². The SMILES string of the molecule is O=C(NNC1OC(=O)c2c#cccc21)c1ccccc1. The summed E-state index contributed by atoms with van der Waals surface area (Å²) in [5.41, 5.74) is 6.67. The number of hydrogen-bond donors (Lipinski definition) is 2. The standard InChI is InChI=1S/C15H10N2O3/c18-13(10-6-2-1-3-7-10)16-17-14-11-8-4-5-9-12(11)15(19)20-14/h1-4,6-8,14,17H,(H,16,18). The van der Waals surface area contributed by atoms with Crippen LogP contribution in [0.4, 0.5) is 0 Å². The highest BCUT2D eigenvalue weighted by atomic mass is 16.6. The Bertz CT molecular complexity index is 655. The molecule has 3 rings (SSSR count). The van der Waals surface area contributed by atoms with Crippen molar-refractivity contribution in [1.82, 2.24) is 10.9 Å². The van der Waals surface area contributed by atoms with Crippen molar-refractivity contribution in [3.63, 3.8) is 0 Å². The lowest BCUT2D eigenvalue weighted by molar-refractivity contribution is 0.0261. The van der Waals surface area contributed by atoms with Crippen LogP contribution in [0.15, 0.2) is 42.5 Å². The molecule has 0 aliphatic carbocycles. The molecule has 2 aromatic carbocycles. The van der Waals surface area contributed by atoms with Gasteiger partial charge in [0.1, 0.15) is 5.56 Å². The average molecular weight is 266 g/mol. The number of benzene rings is 1. The highest BCUT2D eigenvalue weighted by molar-refractivity contribution is 5.94. The molecule has 0 radical (unpaired) electrons. The highest BCUT2D eigenvalue weighted by Crippen LogP contribution is 2.25. The molecule has 1 atom stereocenters. The number of ether oxygens (including phenoxy) is 1. The maximum absolute atomic E-state index is 11.9. The monoisotopic (exact) mass is 266 g/mol. The number of nitrogens with one attached hydrogen (secondary N) is 2. The summed E-state index contributed by atoms with van der Waals surface area (Å²) in [4.78, 5) is 23.4. The van der Waals surface area contributed by atoms with E-state index in [2.05, 4.69) is 23.0 Å². The Kier molecular flexibility index (Phi) is 3.07. The van der Waals surface area contributed by atoms with E-state index in [1.165, 1.54) is 0 Å². The number of rotatable bonds is 3. The van der Waals surface area contributed by atoms with Gasteiger partial charge < -0.3 is 4.74 Å². The summed E-state index contributed by atoms with van der Waals surface area (Å²) < 4.78 is 5.10. The van der Waals surface area contributed by atoms with E-state index in [1.807, 2.05) is 6.07 Å². The van der Waals surface area contributed by atoms with E-state index >= 15 is 0 Å². The van der Waals surface area contributed by atoms with Crippen molar-refractivity contribution in [2.24, 2.45) is 0 Å². The second-order valence-electron chi connectivity index (χ2n) is 4.18. The van der Waals surface area contributed by atoms with Gasteiger partial charge in [0.2, 0.25) is 0 Å². The van der Waals surface area contributed by atoms with E-state index in [9.17, 15) is 9.59 Å². The van der Waals surface area contributed by atoms with Crippen molar-refractivity contribution in [1.29, 1.82) is 0 Å². The van der Waals surface area contributed by atoms with Crippen LogP contribution < -0.4 is 10.9 Å². The molecule has 1 amide bonds. The first-order valence-electron chi connectivity index (χ1n) is 6.00. The summed E-state index contributed by atoms with van der Waals surface area (Å²) in [7, 11) is 0. The van der Waals surface area contributed by atoms with Crippen molar-refractivity contribution in [2.75, 3.05) is 0 Å². The van der Waals surface area contributed by atoms with E-state index in [0.29, 0.717) is 16.7 Å². The molecular formula is C15H10N2O3. The quantitative estimate of drug-likeness (QED) is 0.650. The fraction of sp³-hybridized carbons (Fsp3) is 0.0667. The van der Waals surface area contributed by atoms with Gasteiger partial charge in [-0.1, -0.05) is 30.3 Å². The van der Waals surface area contributed by atoms with Crippen LogP contribution >= 0.6 is 0 Å². The van der Waals surface area contributed by atoms with Gasteiger partial charge in [0.25, 0.3) is 5.91 Å². The number of fused-ring (bicyclic) bond motifs is 1. The minimum Gasteiger partial charge on any atom is -0.436 e. The van der Waals surface area contributed by atoms with Gasteiger partial charge in [-0.05, 0) is 24.3 Å². The van der Waals surface area contributed by atoms with Crippen molar-refractivity contribution >= 4 is 11.9 Å². The molecule has 1 aliphatic rings. The predicted molar refractivity (Wildman–Crippen MR) is 69.3 cm³/mol. The van der Waals surface area contributed by atoms with E-state index in [1.54, 1.807) is 36.4 Å². The molecular weight excluding hydrogens is 256 g/mol. The molecule has 0 fully saturated rings. The molecule has 0 aromatic heterocycles. The molecule has 20 heavy (non-hydrogen) atoms. The Morgan fingerprint density at radius 2 is 2.00 bits per heavy atom. The molecule has 0 saturated heterocycles. The minimum absolute atomic E-state index is 0.304. The van der Waals surface area contributed by atoms with Crippen molar-refractivity contribution in [3.8, 4) is 0 Å². The van der Waals surface area contributed by atoms with Crippen molar-refractivity contribution in [2.45, 2.75) is 6.23 Å². The first-order chi connectivity index (χ1) is 9.75. The second-order valence-corrected chi connectivity index (χ2v) is 4.18. The number of carbonyl (C=O) groups excluding carboxylic acids is 2. The number of amides is 1. The lowest BCUT2D eigenvalue weighted by Crippen LogP contribution is -2.40. The number of esters is 1. The van der Waals surface area contributed by atoms with Gasteiger partial charge in [0.05, 0.1) is 0 Å². The van der Waals surface area contributed by atoms with Crippen LogP contribution in [0.2, 0.25) is 0 Å². The molecule has 0 spiro atoms. The van der Waals surface area contributed by atoms with Crippen LogP contribution in [0.3, 0.4) is 0 Å². The van der Waals surface area contributed by atoms with Crippen LogP contribution in [0.25, 0.3) is 0 Å². The maximum Gasteiger partial charge on any atom is 0.349 e. The van der Waals surface area contributed by atoms with Gasteiger partial charge >= 0.3 is 5.97 Å². The largest absolute Gasteiger partial charge is 0.436 e. The van der Waals surface area contributed by atoms with Crippen LogP contribution in [-0.4, -0.2) is 11.9 Å². The minimum atomic E-state index is -0.712. The molecule has 5 nitrogen and oxygen atoms in total. The molecule has 1 heterocycles. The molecule has 1 unspecified atom stereocenters. The van der Waals surface area contributed by atoms with E-state index < -0.39 is 12.2 Å². The van der Waals surface area contributed by atoms with Gasteiger partial charge in [0, 0.05) is 11.1 Å². The molecule has 98 valence electrons. The zero-order valence-electron chi connectivity index (χ0n) is 10.3. The molecule has 1 aliphatic heterocycles. The fourth-order valence-electron chi connectivity index (χ4n) is 1.92. The Balaban J connectivity index is 1.69. The van der Waals surface area contributed by atoms with Gasteiger partial charge in [-0.15, -0.1) is 0 Å². The third-order valence-corrected chi connectivity index (χ3v) is 2.90. The Morgan fingerprint density at radius 3 is 2.80 bits per heavy atom. The average Bonchev–Trinajstić information content (AvgIpc) is 2.83. The number of hydrogen-bond acceptors (Lipinski definition) is 4. The molecule has 2 N–H and O–H groups in total. The van der Waals surface area contributed by atoms with Crippen LogP contribution in [0.5, 0.6) is 0 Å². The number of carbonyl (C=O) groups is 2. The summed E-state index contributed by atoms with van der Waals surface area (Å²) in [6, 6.07) is 17.5. The molecule has 0 saturated carbocycles. The Hall–Kier alpha value is -2.84. The molecule has 2 aromatic rings. The smallest absolute Gasteiger partial charge is 0.349 e. The molecule has 0 bridgehead atoms. The van der Waals surface area contributed by atoms with Crippen LogP contribution in [-0.2, 0) is 4.74 Å². The third kappa shape index (κ3) is 2.20. The zero-order chi connectivity index (χ0) is 13.9. The van der Waals surface area contributed by atoms with E-state index in [0.717, 1.165) is 0 Å². The second kappa shape index (κ2) is 5.03. The summed E-state index contributed by atoms with van der Waals surface area (Å²) >= 11 is 0. The Morgan fingerprint density at radius 1 is 1.20 bits per heavy atom. The van der Waals surface area contributed by atoms with Gasteiger partial charge in [-0.25, -0.2) is 4.79 Å². The fourth-order valence-corrected chi connectivity index (χ4v) is 1.92. The number of hydrazine groups is 1. The lowest BCUT2D eigenvalue weighted by atomic mass is 10.1. The van der Waals surface area contributed by atoms with Gasteiger partial charge in [-0.2, -0.15) is 5.43 Å². The van der Waals surface area contributed by atoms with Crippen LogP contribution in [0.1, 0.15) is 32.5 Å². The predicted octanol–water partition coefficient (Wildman–Crippen LogP) is 1.39. The Labute approximate surface area is 115 Å². The van der Waals surface area contributed by atoms with Crippen molar-refractivity contribution in [3.05, 3.63) is 71.3 Å². The highest BCUT2D eigenvalue weighted by Gasteiger charge is 2.31. The maximum atomic E-state index is 11.9. The van der Waals surface area contributed by atoms with E-state index in [4.69, 9.17) is 4.74 Å². The van der Waals surface area contributed by atoms with E-state index in [-0.39, 0.29) is 5.91 Å². The summed E-state index contributed by atoms with van der Waals surface area (Å²) in [5, 5.41) is 0. The molecule has 5 heteroatoms. The zero-order valence-corrected chi connectivity index (χ0v) is 10.3. The lowest BCUT2D eigenvalue weighted by Gasteiger charge is -2.13. The summed E-state index contributed by atoms with van der Waals surface area (Å²) in [5.74, 6) is -0.787. The van der Waals surface area contributed by atoms with Gasteiger partial charge in [-0.3, -0.25) is 10.2 Å². The normalized spacial score (nSPS) is 16.0. The van der Waals surface area contributed by atoms with Crippen molar-refractivity contribution < 1.29 is 14.3 Å². The third-order valence-electron chi connectivity index (χ3n) is 2.90. The summed E-state index contributed by atoms with van der Waals surface area (Å²) in [6.07, 6.45) is -0.712. The first kappa shape index (κ1) is 12.2. The van der Waals surface area contributed by atoms with Gasteiger partial charge in [0.15, 0.2) is 6.23 Å². The summed E-state index contributed by atoms with van der Waals surface area (Å²) in [6.45, 7) is 0. The first-order valence-corrected chi connectivity index (χ1v) is 6.00. The van der Waals surface area contributed by atoms with Crippen LogP contribution in [0, 0.1) is 12.1 Å².